The Kier molecular flexibility index (Phi) is 4.42. The molecule has 1 aromatic carbocycles. The summed E-state index contributed by atoms with van der Waals surface area (Å²) in [4.78, 5) is 12.1. The van der Waals surface area contributed by atoms with E-state index < -0.39 is 14.9 Å². The number of hydrogen-bond donors (Lipinski definition) is 3. The van der Waals surface area contributed by atoms with E-state index in [1.165, 1.54) is 6.07 Å². The normalized spacial score (nSPS) is 19.6. The van der Waals surface area contributed by atoms with Gasteiger partial charge in [0, 0.05) is 18.7 Å². The van der Waals surface area contributed by atoms with Gasteiger partial charge in [0.25, 0.3) is 5.69 Å². The monoisotopic (exact) mass is 315 g/mol. The molecule has 21 heavy (non-hydrogen) atoms. The van der Waals surface area contributed by atoms with E-state index in [9.17, 15) is 18.5 Å². The van der Waals surface area contributed by atoms with E-state index in [0.717, 1.165) is 25.1 Å². The Labute approximate surface area is 122 Å². The van der Waals surface area contributed by atoms with Crippen LogP contribution in [-0.2, 0) is 10.0 Å². The second kappa shape index (κ2) is 5.93. The van der Waals surface area contributed by atoms with Crippen LogP contribution in [0.4, 0.5) is 11.4 Å². The van der Waals surface area contributed by atoms with E-state index in [-0.39, 0.29) is 22.3 Å². The number of nitrogen functional groups attached to an aromatic ring is 1. The lowest BCUT2D eigenvalue weighted by atomic mass is 10.3. The molecule has 10 heteroatoms. The molecule has 2 rings (SSSR count). The number of sulfonamides is 1. The van der Waals surface area contributed by atoms with E-state index >= 15 is 0 Å². The Morgan fingerprint density at radius 2 is 2.19 bits per heavy atom. The molecular weight excluding hydrogens is 298 g/mol. The molecule has 1 aliphatic heterocycles. The van der Waals surface area contributed by atoms with Gasteiger partial charge in [0.15, 0.2) is 0 Å². The fourth-order valence-electron chi connectivity index (χ4n) is 2.28. The number of rotatable bonds is 5. The van der Waals surface area contributed by atoms with Gasteiger partial charge in [0.1, 0.15) is 5.69 Å². The first-order chi connectivity index (χ1) is 9.83. The number of anilines is 1. The second-order valence-corrected chi connectivity index (χ2v) is 6.66. The SMILES string of the molecule is CN1CCC(NS(=O)(=O)c2ccc([N+](=O)[O-])c(NN)c2)C1. The third-order valence-corrected chi connectivity index (χ3v) is 4.86. The van der Waals surface area contributed by atoms with E-state index in [4.69, 9.17) is 5.84 Å². The van der Waals surface area contributed by atoms with Crippen molar-refractivity contribution in [3.8, 4) is 0 Å². The number of benzene rings is 1. The largest absolute Gasteiger partial charge is 0.318 e. The van der Waals surface area contributed by atoms with Gasteiger partial charge in [-0.2, -0.15) is 0 Å². The maximum absolute atomic E-state index is 12.3. The lowest BCUT2D eigenvalue weighted by Gasteiger charge is -2.14. The molecule has 9 nitrogen and oxygen atoms in total. The summed E-state index contributed by atoms with van der Waals surface area (Å²) in [7, 11) is -1.82. The topological polar surface area (TPSA) is 131 Å². The first-order valence-corrected chi connectivity index (χ1v) is 7.78. The summed E-state index contributed by atoms with van der Waals surface area (Å²) < 4.78 is 27.1. The third-order valence-electron chi connectivity index (χ3n) is 3.34. The van der Waals surface area contributed by atoms with Crippen LogP contribution in [-0.4, -0.2) is 44.4 Å². The number of likely N-dealkylation sites (N-methyl/N-ethyl adjacent to an activating group) is 1. The van der Waals surface area contributed by atoms with Crippen LogP contribution in [0.5, 0.6) is 0 Å². The molecule has 0 aromatic heterocycles. The number of nitrogens with zero attached hydrogens (tertiary/aromatic N) is 2. The number of likely N-dealkylation sites (tertiary alicyclic amines) is 1. The van der Waals surface area contributed by atoms with Crippen molar-refractivity contribution < 1.29 is 13.3 Å². The van der Waals surface area contributed by atoms with Gasteiger partial charge in [-0.25, -0.2) is 13.1 Å². The van der Waals surface area contributed by atoms with Gasteiger partial charge in [0.05, 0.1) is 9.82 Å². The zero-order chi connectivity index (χ0) is 15.6. The molecule has 0 radical (unpaired) electrons. The molecule has 1 saturated heterocycles. The Morgan fingerprint density at radius 1 is 1.48 bits per heavy atom. The number of nitrogens with one attached hydrogen (secondary N) is 2. The average molecular weight is 315 g/mol. The summed E-state index contributed by atoms with van der Waals surface area (Å²) >= 11 is 0. The summed E-state index contributed by atoms with van der Waals surface area (Å²) in [5.41, 5.74) is 1.82. The van der Waals surface area contributed by atoms with E-state index in [1.54, 1.807) is 0 Å². The van der Waals surface area contributed by atoms with Crippen LogP contribution >= 0.6 is 0 Å². The fourth-order valence-corrected chi connectivity index (χ4v) is 3.56. The van der Waals surface area contributed by atoms with Gasteiger partial charge in [-0.15, -0.1) is 0 Å². The van der Waals surface area contributed by atoms with Crippen molar-refractivity contribution in [2.75, 3.05) is 25.6 Å². The molecule has 1 unspecified atom stereocenters. The molecule has 1 aliphatic rings. The summed E-state index contributed by atoms with van der Waals surface area (Å²) in [6, 6.07) is 3.30. The quantitative estimate of drug-likeness (QED) is 0.391. The zero-order valence-corrected chi connectivity index (χ0v) is 12.3. The molecule has 1 aromatic rings. The van der Waals surface area contributed by atoms with Gasteiger partial charge >= 0.3 is 0 Å². The second-order valence-electron chi connectivity index (χ2n) is 4.95. The van der Waals surface area contributed by atoms with Crippen LogP contribution < -0.4 is 16.0 Å². The van der Waals surface area contributed by atoms with Crippen molar-refractivity contribution in [1.82, 2.24) is 9.62 Å². The first-order valence-electron chi connectivity index (χ1n) is 6.29. The van der Waals surface area contributed by atoms with Crippen molar-refractivity contribution in [1.29, 1.82) is 0 Å². The highest BCUT2D eigenvalue weighted by atomic mass is 32.2. The molecule has 116 valence electrons. The minimum absolute atomic E-state index is 0.0496. The number of nitrogens with two attached hydrogens (primary N) is 1. The molecule has 0 aliphatic carbocycles. The van der Waals surface area contributed by atoms with Crippen LogP contribution in [0.1, 0.15) is 6.42 Å². The number of nitro groups is 1. The Balaban J connectivity index is 2.26. The van der Waals surface area contributed by atoms with Crippen molar-refractivity contribution in [3.05, 3.63) is 28.3 Å². The number of nitro benzene ring substituents is 1. The van der Waals surface area contributed by atoms with Gasteiger partial charge in [-0.1, -0.05) is 0 Å². The Hall–Kier alpha value is -1.75. The van der Waals surface area contributed by atoms with Gasteiger partial charge in [0.2, 0.25) is 10.0 Å². The molecule has 1 fully saturated rings. The Morgan fingerprint density at radius 3 is 2.71 bits per heavy atom. The van der Waals surface area contributed by atoms with Gasteiger partial charge < -0.3 is 10.3 Å². The molecule has 0 saturated carbocycles. The maximum Gasteiger partial charge on any atom is 0.293 e. The van der Waals surface area contributed by atoms with Crippen molar-refractivity contribution in [3.63, 3.8) is 0 Å². The fraction of sp³-hybridized carbons (Fsp3) is 0.455. The predicted octanol–water partition coefficient (Wildman–Crippen LogP) is -0.137. The molecule has 0 bridgehead atoms. The van der Waals surface area contributed by atoms with Crippen LogP contribution in [0.15, 0.2) is 23.1 Å². The summed E-state index contributed by atoms with van der Waals surface area (Å²) in [5.74, 6) is 5.21. The Bertz CT molecular complexity index is 648. The molecule has 1 atom stereocenters. The standard InChI is InChI=1S/C11H17N5O4S/c1-15-5-4-8(7-15)14-21(19,20)9-2-3-11(16(17)18)10(6-9)13-12/h2-3,6,8,13-14H,4-5,7,12H2,1H3. The number of hydrazine groups is 1. The molecule has 0 amide bonds. The van der Waals surface area contributed by atoms with Gasteiger partial charge in [-0.05, 0) is 32.1 Å². The highest BCUT2D eigenvalue weighted by molar-refractivity contribution is 7.89. The van der Waals surface area contributed by atoms with Gasteiger partial charge in [-0.3, -0.25) is 16.0 Å². The smallest absolute Gasteiger partial charge is 0.293 e. The molecular formula is C11H17N5O4S. The third kappa shape index (κ3) is 3.47. The maximum atomic E-state index is 12.3. The van der Waals surface area contributed by atoms with Crippen molar-refractivity contribution >= 4 is 21.4 Å². The van der Waals surface area contributed by atoms with Crippen molar-refractivity contribution in [2.24, 2.45) is 5.84 Å². The minimum Gasteiger partial charge on any atom is -0.318 e. The highest BCUT2D eigenvalue weighted by Gasteiger charge is 2.26. The van der Waals surface area contributed by atoms with E-state index in [1.807, 2.05) is 11.9 Å². The summed E-state index contributed by atoms with van der Waals surface area (Å²) in [6.45, 7) is 1.46. The van der Waals surface area contributed by atoms with Crippen molar-refractivity contribution in [2.45, 2.75) is 17.4 Å². The van der Waals surface area contributed by atoms with E-state index in [2.05, 4.69) is 10.1 Å². The number of hydrogen-bond acceptors (Lipinski definition) is 7. The van der Waals surface area contributed by atoms with E-state index in [0.29, 0.717) is 6.54 Å². The lowest BCUT2D eigenvalue weighted by Crippen LogP contribution is -2.36. The summed E-state index contributed by atoms with van der Waals surface area (Å²) in [6.07, 6.45) is 0.727. The lowest BCUT2D eigenvalue weighted by molar-refractivity contribution is -0.384. The summed E-state index contributed by atoms with van der Waals surface area (Å²) in [5, 5.41) is 10.8. The molecule has 1 heterocycles. The minimum atomic E-state index is -3.74. The molecule has 4 N–H and O–H groups in total. The van der Waals surface area contributed by atoms with Crippen LogP contribution in [0.2, 0.25) is 0 Å². The van der Waals surface area contributed by atoms with Crippen LogP contribution in [0.3, 0.4) is 0 Å². The van der Waals surface area contributed by atoms with Crippen LogP contribution in [0, 0.1) is 10.1 Å². The van der Waals surface area contributed by atoms with Crippen LogP contribution in [0.25, 0.3) is 0 Å². The predicted molar refractivity (Wildman–Crippen MR) is 77.1 cm³/mol. The highest BCUT2D eigenvalue weighted by Crippen LogP contribution is 2.26. The molecule has 0 spiro atoms. The average Bonchev–Trinajstić information content (AvgIpc) is 2.82. The zero-order valence-electron chi connectivity index (χ0n) is 11.4. The first kappa shape index (κ1) is 15.6.